The van der Waals surface area contributed by atoms with E-state index in [-0.39, 0.29) is 46.9 Å². The molecule has 0 saturated carbocycles. The highest BCUT2D eigenvalue weighted by Crippen LogP contribution is 2.43. The summed E-state index contributed by atoms with van der Waals surface area (Å²) in [5, 5.41) is 12.8. The van der Waals surface area contributed by atoms with Gasteiger partial charge in [0, 0.05) is 25.6 Å². The Labute approximate surface area is 389 Å². The number of anilines is 2. The van der Waals surface area contributed by atoms with Crippen molar-refractivity contribution in [3.8, 4) is 28.7 Å². The van der Waals surface area contributed by atoms with Crippen LogP contribution < -0.4 is 25.4 Å². The zero-order chi connectivity index (χ0) is 46.2. The van der Waals surface area contributed by atoms with E-state index in [2.05, 4.69) is 16.4 Å². The first-order valence-corrected chi connectivity index (χ1v) is 23.1. The van der Waals surface area contributed by atoms with Gasteiger partial charge in [0.1, 0.15) is 30.2 Å². The van der Waals surface area contributed by atoms with Crippen molar-refractivity contribution in [3.63, 3.8) is 0 Å². The maximum atomic E-state index is 14.5. The van der Waals surface area contributed by atoms with Crippen LogP contribution in [0.25, 0.3) is 11.1 Å². The molecule has 14 nitrogen and oxygen atoms in total. The number of thiazole rings is 1. The van der Waals surface area contributed by atoms with Crippen LogP contribution in [0.3, 0.4) is 0 Å². The number of benzene rings is 5. The van der Waals surface area contributed by atoms with Crippen molar-refractivity contribution >= 4 is 73.2 Å². The smallest absolute Gasteiger partial charge is 0.328 e. The van der Waals surface area contributed by atoms with Gasteiger partial charge in [0.25, 0.3) is 15.9 Å². The Morgan fingerprint density at radius 1 is 0.969 bits per heavy atom. The molecular formula is C47H40Cl2N6O8S2. The number of carbonyl (C=O) groups is 3. The molecule has 3 atom stereocenters. The maximum absolute atomic E-state index is 14.5. The number of nitrogen functional groups attached to an aromatic ring is 1. The molecule has 0 aliphatic carbocycles. The van der Waals surface area contributed by atoms with Crippen LogP contribution in [-0.4, -0.2) is 61.7 Å². The Morgan fingerprint density at radius 3 is 2.28 bits per heavy atom. The quantitative estimate of drug-likeness (QED) is 0.115. The molecule has 1 aromatic heterocycles. The molecule has 3 heterocycles. The highest BCUT2D eigenvalue weighted by molar-refractivity contribution is 7.91. The molecule has 18 heteroatoms. The van der Waals surface area contributed by atoms with Gasteiger partial charge < -0.3 is 30.2 Å². The van der Waals surface area contributed by atoms with Gasteiger partial charge in [-0.05, 0) is 95.3 Å². The predicted octanol–water partition coefficient (Wildman–Crippen LogP) is 7.57. The van der Waals surface area contributed by atoms with Crippen LogP contribution in [-0.2, 0) is 55.1 Å². The third kappa shape index (κ3) is 9.38. The molecule has 5 aromatic carbocycles. The van der Waals surface area contributed by atoms with Crippen molar-refractivity contribution in [2.24, 2.45) is 0 Å². The van der Waals surface area contributed by atoms with E-state index < -0.39 is 40.1 Å². The van der Waals surface area contributed by atoms with Crippen molar-refractivity contribution in [1.29, 1.82) is 5.26 Å². The van der Waals surface area contributed by atoms with Gasteiger partial charge in [0.2, 0.25) is 12.0 Å². The van der Waals surface area contributed by atoms with Crippen molar-refractivity contribution in [2.45, 2.75) is 55.3 Å². The number of aryl methyl sites for hydroxylation is 1. The molecule has 332 valence electrons. The highest BCUT2D eigenvalue weighted by atomic mass is 35.5. The summed E-state index contributed by atoms with van der Waals surface area (Å²) in [6.45, 7) is 1.51. The largest absolute Gasteiger partial charge is 0.489 e. The SMILES string of the molecule is COC(=O)[C@H](Cc1ccc(-c2ccc(C#N)cc2)cc1)NC(=O)C1Cc2cc3c(cc2CN1S(=O)(=O)c1sc(N)nc1C)OC(c1ccc(OCc2ccc(Cl)c(Cl)c2)cc1)C(=O)N3C. The first-order valence-electron chi connectivity index (χ1n) is 20.1. The molecule has 0 bridgehead atoms. The molecule has 0 saturated heterocycles. The zero-order valence-corrected chi connectivity index (χ0v) is 38.2. The van der Waals surface area contributed by atoms with Gasteiger partial charge in [0.05, 0.1) is 40.2 Å². The summed E-state index contributed by atoms with van der Waals surface area (Å²) >= 11 is 13.0. The summed E-state index contributed by atoms with van der Waals surface area (Å²) in [6.07, 6.45) is -1.09. The number of likely N-dealkylation sites (N-methyl/N-ethyl adjacent to an activating group) is 1. The van der Waals surface area contributed by atoms with Crippen LogP contribution in [0, 0.1) is 18.3 Å². The number of nitrogens with one attached hydrogen (secondary N) is 1. The van der Waals surface area contributed by atoms with Crippen molar-refractivity contribution in [1.82, 2.24) is 14.6 Å². The molecule has 8 rings (SSSR count). The predicted molar refractivity (Wildman–Crippen MR) is 246 cm³/mol. The Morgan fingerprint density at radius 2 is 1.65 bits per heavy atom. The zero-order valence-electron chi connectivity index (χ0n) is 35.1. The fourth-order valence-electron chi connectivity index (χ4n) is 7.79. The summed E-state index contributed by atoms with van der Waals surface area (Å²) < 4.78 is 47.4. The van der Waals surface area contributed by atoms with Gasteiger partial charge >= 0.3 is 5.97 Å². The number of nitriles is 1. The molecule has 65 heavy (non-hydrogen) atoms. The first kappa shape index (κ1) is 45.1. The number of sulfonamides is 1. The molecule has 0 radical (unpaired) electrons. The van der Waals surface area contributed by atoms with Crippen molar-refractivity contribution in [2.75, 3.05) is 24.8 Å². The first-order chi connectivity index (χ1) is 31.1. The van der Waals surface area contributed by atoms with E-state index in [1.807, 2.05) is 42.5 Å². The number of fused-ring (bicyclic) bond motifs is 2. The van der Waals surface area contributed by atoms with Gasteiger partial charge in [-0.2, -0.15) is 9.57 Å². The summed E-state index contributed by atoms with van der Waals surface area (Å²) in [5.74, 6) is -0.915. The van der Waals surface area contributed by atoms with E-state index in [1.165, 1.54) is 18.9 Å². The lowest BCUT2D eigenvalue weighted by Gasteiger charge is -2.38. The van der Waals surface area contributed by atoms with Crippen LogP contribution in [0.1, 0.15) is 45.2 Å². The third-order valence-corrected chi connectivity index (χ3v) is 15.4. The normalized spacial score (nSPS) is 16.4. The number of amides is 2. The number of rotatable bonds is 12. The number of esters is 1. The minimum absolute atomic E-state index is 0.0417. The van der Waals surface area contributed by atoms with E-state index in [9.17, 15) is 22.8 Å². The van der Waals surface area contributed by atoms with Crippen molar-refractivity contribution in [3.05, 3.63) is 152 Å². The van der Waals surface area contributed by atoms with E-state index in [1.54, 1.807) is 67.7 Å². The van der Waals surface area contributed by atoms with Gasteiger partial charge in [0.15, 0.2) is 9.34 Å². The maximum Gasteiger partial charge on any atom is 0.328 e. The molecule has 0 fully saturated rings. The van der Waals surface area contributed by atoms with Gasteiger partial charge in [-0.3, -0.25) is 9.59 Å². The summed E-state index contributed by atoms with van der Waals surface area (Å²) in [4.78, 5) is 47.2. The van der Waals surface area contributed by atoms with E-state index in [0.29, 0.717) is 55.0 Å². The monoisotopic (exact) mass is 950 g/mol. The molecule has 2 aliphatic heterocycles. The molecule has 2 unspecified atom stereocenters. The number of carbonyl (C=O) groups excluding carboxylic acids is 3. The van der Waals surface area contributed by atoms with Crippen molar-refractivity contribution < 1.29 is 37.0 Å². The molecular weight excluding hydrogens is 912 g/mol. The molecule has 6 aromatic rings. The van der Waals surface area contributed by atoms with E-state index >= 15 is 0 Å². The molecule has 3 N–H and O–H groups in total. The number of aromatic nitrogens is 1. The minimum Gasteiger partial charge on any atom is -0.489 e. The number of ether oxygens (including phenoxy) is 3. The van der Waals surface area contributed by atoms with Gasteiger partial charge in [-0.25, -0.2) is 18.2 Å². The molecule has 2 aliphatic rings. The van der Waals surface area contributed by atoms with Gasteiger partial charge in [-0.15, -0.1) is 0 Å². The standard InChI is InChI=1S/C47H40Cl2N6O8S2/c1-26-46(64-47(51)52-26)65(59,60)55-24-34-22-41-39(54(2)44(57)42(63-41)32-13-15-35(16-14-32)62-25-29-8-17-36(48)37(49)18-29)20-33(34)21-40(55)43(56)53-38(45(58)61-3)19-27-4-9-30(10-5-27)31-11-6-28(23-50)7-12-31/h4-18,20,22,38,40,42H,19,21,24-25H2,1-3H3,(H2,51,52)(H,53,56)/t38-,40?,42?/m0/s1. The number of nitrogens with zero attached hydrogens (tertiary/aromatic N) is 4. The lowest BCUT2D eigenvalue weighted by Crippen LogP contribution is -2.56. The average molecular weight is 952 g/mol. The second-order valence-corrected chi connectivity index (χ2v) is 19.4. The molecule has 0 spiro atoms. The summed E-state index contributed by atoms with van der Waals surface area (Å²) in [6, 6.07) is 29.7. The Hall–Kier alpha value is -6.48. The van der Waals surface area contributed by atoms with Crippen LogP contribution in [0.4, 0.5) is 10.8 Å². The fraction of sp³-hybridized carbons (Fsp3) is 0.213. The summed E-state index contributed by atoms with van der Waals surface area (Å²) in [5.41, 5.74) is 12.1. The second-order valence-electron chi connectivity index (χ2n) is 15.5. The minimum atomic E-state index is -4.41. The van der Waals surface area contributed by atoms with Gasteiger partial charge in [-0.1, -0.05) is 89.1 Å². The highest BCUT2D eigenvalue weighted by Gasteiger charge is 2.44. The Kier molecular flexibility index (Phi) is 12.9. The number of hydrogen-bond donors (Lipinski definition) is 2. The number of halogens is 2. The Balaban J connectivity index is 1.05. The van der Waals surface area contributed by atoms with Crippen LogP contribution >= 0.6 is 34.5 Å². The number of nitrogens with two attached hydrogens (primary N) is 1. The Bertz CT molecular complexity index is 2980. The van der Waals surface area contributed by atoms with Crippen LogP contribution in [0.2, 0.25) is 10.0 Å². The molecule has 2 amide bonds. The van der Waals surface area contributed by atoms with E-state index in [4.69, 9.17) is 48.4 Å². The topological polar surface area (TPSA) is 194 Å². The summed E-state index contributed by atoms with van der Waals surface area (Å²) in [7, 11) is -1.58. The fourth-order valence-corrected chi connectivity index (χ4v) is 11.1. The van der Waals surface area contributed by atoms with Crippen LogP contribution in [0.5, 0.6) is 11.5 Å². The second kappa shape index (κ2) is 18.6. The van der Waals surface area contributed by atoms with Crippen LogP contribution in [0.15, 0.2) is 107 Å². The lowest BCUT2D eigenvalue weighted by atomic mass is 9.93. The third-order valence-electron chi connectivity index (χ3n) is 11.3. The lowest BCUT2D eigenvalue weighted by molar-refractivity contribution is -0.145. The number of methoxy groups -OCH3 is 1. The average Bonchev–Trinajstić information content (AvgIpc) is 3.67. The number of hydrogen-bond acceptors (Lipinski definition) is 12. The van der Waals surface area contributed by atoms with E-state index in [0.717, 1.165) is 32.3 Å².